The van der Waals surface area contributed by atoms with Crippen molar-refractivity contribution >= 4 is 5.78 Å². The van der Waals surface area contributed by atoms with Crippen molar-refractivity contribution in [2.45, 2.75) is 46.0 Å². The highest BCUT2D eigenvalue weighted by Crippen LogP contribution is 2.44. The Morgan fingerprint density at radius 2 is 2.38 bits per heavy atom. The van der Waals surface area contributed by atoms with Crippen molar-refractivity contribution in [3.63, 3.8) is 0 Å². The van der Waals surface area contributed by atoms with Gasteiger partial charge in [-0.1, -0.05) is 19.9 Å². The minimum absolute atomic E-state index is 0.275. The number of carbonyl (C=O) groups excluding carboxylic acids is 1. The van der Waals surface area contributed by atoms with Gasteiger partial charge in [0.05, 0.1) is 0 Å². The van der Waals surface area contributed by atoms with E-state index in [1.807, 2.05) is 6.08 Å². The van der Waals surface area contributed by atoms with E-state index in [4.69, 9.17) is 0 Å². The molecule has 0 aliphatic heterocycles. The van der Waals surface area contributed by atoms with E-state index in [1.54, 1.807) is 0 Å². The highest BCUT2D eigenvalue weighted by atomic mass is 16.1. The minimum Gasteiger partial charge on any atom is -0.299 e. The number of carbonyl (C=O) groups is 1. The molecule has 1 nitrogen and oxygen atoms in total. The van der Waals surface area contributed by atoms with Gasteiger partial charge in [-0.3, -0.25) is 4.79 Å². The summed E-state index contributed by atoms with van der Waals surface area (Å²) in [5.41, 5.74) is 0.278. The molecule has 0 N–H and O–H groups in total. The van der Waals surface area contributed by atoms with Crippen molar-refractivity contribution in [3.8, 4) is 0 Å². The first-order chi connectivity index (χ1) is 6.10. The maximum Gasteiger partial charge on any atom is 0.136 e. The first-order valence-electron chi connectivity index (χ1n) is 5.24. The van der Waals surface area contributed by atoms with E-state index in [1.165, 1.54) is 12.8 Å². The highest BCUT2D eigenvalue weighted by molar-refractivity contribution is 5.83. The second kappa shape index (κ2) is 4.08. The van der Waals surface area contributed by atoms with Crippen LogP contribution in [0.4, 0.5) is 0 Å². The lowest BCUT2D eigenvalue weighted by Crippen LogP contribution is -2.22. The molecule has 0 radical (unpaired) electrons. The lowest BCUT2D eigenvalue weighted by molar-refractivity contribution is -0.121. The highest BCUT2D eigenvalue weighted by Gasteiger charge is 2.40. The maximum absolute atomic E-state index is 11.4. The topological polar surface area (TPSA) is 17.1 Å². The molecule has 0 aromatic heterocycles. The summed E-state index contributed by atoms with van der Waals surface area (Å²) in [5.74, 6) is 0.735. The van der Waals surface area contributed by atoms with Gasteiger partial charge in [-0.25, -0.2) is 0 Å². The number of ketones is 1. The third kappa shape index (κ3) is 2.20. The Kier molecular flexibility index (Phi) is 3.29. The summed E-state index contributed by atoms with van der Waals surface area (Å²) in [6.45, 7) is 8.06. The lowest BCUT2D eigenvalue weighted by atomic mass is 9.76. The molecular weight excluding hydrogens is 160 g/mol. The second-order valence-corrected chi connectivity index (χ2v) is 4.52. The first kappa shape index (κ1) is 10.5. The molecule has 0 aromatic carbocycles. The molecule has 0 amide bonds. The van der Waals surface area contributed by atoms with Crippen molar-refractivity contribution < 1.29 is 4.79 Å². The van der Waals surface area contributed by atoms with Gasteiger partial charge in [0.15, 0.2) is 0 Å². The second-order valence-electron chi connectivity index (χ2n) is 4.52. The van der Waals surface area contributed by atoms with Crippen LogP contribution in [0, 0.1) is 11.3 Å². The van der Waals surface area contributed by atoms with Crippen LogP contribution >= 0.6 is 0 Å². The molecule has 2 atom stereocenters. The van der Waals surface area contributed by atoms with E-state index in [0.29, 0.717) is 5.78 Å². The van der Waals surface area contributed by atoms with Crippen LogP contribution in [0.15, 0.2) is 12.7 Å². The van der Waals surface area contributed by atoms with Crippen LogP contribution in [-0.2, 0) is 4.79 Å². The Morgan fingerprint density at radius 3 is 2.85 bits per heavy atom. The minimum atomic E-state index is 0.275. The van der Waals surface area contributed by atoms with Gasteiger partial charge >= 0.3 is 0 Å². The fourth-order valence-corrected chi connectivity index (χ4v) is 2.22. The number of allylic oxidation sites excluding steroid dienone is 1. The zero-order valence-electron chi connectivity index (χ0n) is 8.81. The molecule has 1 rings (SSSR count). The molecule has 0 bridgehead atoms. The molecule has 1 aliphatic rings. The molecule has 1 fully saturated rings. The van der Waals surface area contributed by atoms with Crippen molar-refractivity contribution in [1.29, 1.82) is 0 Å². The zero-order chi connectivity index (χ0) is 9.90. The Bertz CT molecular complexity index is 207. The fraction of sp³-hybridized carbons (Fsp3) is 0.750. The van der Waals surface area contributed by atoms with Crippen LogP contribution in [0.2, 0.25) is 0 Å². The summed E-state index contributed by atoms with van der Waals surface area (Å²) in [6.07, 6.45) is 7.28. The Balaban J connectivity index is 2.46. The lowest BCUT2D eigenvalue weighted by Gasteiger charge is -2.27. The molecule has 1 saturated carbocycles. The summed E-state index contributed by atoms with van der Waals surface area (Å²) >= 11 is 0. The van der Waals surface area contributed by atoms with Crippen molar-refractivity contribution in [2.75, 3.05) is 0 Å². The standard InChI is InChI=1S/C12H20O/c1-4-5-6-8-12(3)9-7-11(13)10(12)2/h4,10H,1,5-9H2,2-3H3. The summed E-state index contributed by atoms with van der Waals surface area (Å²) in [7, 11) is 0. The Hall–Kier alpha value is -0.590. The van der Waals surface area contributed by atoms with E-state index in [9.17, 15) is 4.79 Å². The van der Waals surface area contributed by atoms with Gasteiger partial charge in [0.25, 0.3) is 0 Å². The molecular formula is C12H20O. The van der Waals surface area contributed by atoms with Gasteiger partial charge < -0.3 is 0 Å². The summed E-state index contributed by atoms with van der Waals surface area (Å²) in [4.78, 5) is 11.4. The van der Waals surface area contributed by atoms with Gasteiger partial charge in [0.1, 0.15) is 5.78 Å². The SMILES string of the molecule is C=CCCCC1(C)CCC(=O)C1C. The first-order valence-corrected chi connectivity index (χ1v) is 5.24. The van der Waals surface area contributed by atoms with Gasteiger partial charge in [0, 0.05) is 12.3 Å². The summed E-state index contributed by atoms with van der Waals surface area (Å²) in [6, 6.07) is 0. The molecule has 0 heterocycles. The smallest absolute Gasteiger partial charge is 0.136 e. The average molecular weight is 180 g/mol. The molecule has 0 aromatic rings. The fourth-order valence-electron chi connectivity index (χ4n) is 2.22. The molecule has 1 aliphatic carbocycles. The van der Waals surface area contributed by atoms with E-state index in [2.05, 4.69) is 20.4 Å². The zero-order valence-corrected chi connectivity index (χ0v) is 8.81. The number of unbranched alkanes of at least 4 members (excludes halogenated alkanes) is 1. The van der Waals surface area contributed by atoms with Crippen molar-refractivity contribution in [2.24, 2.45) is 11.3 Å². The Morgan fingerprint density at radius 1 is 1.69 bits per heavy atom. The van der Waals surface area contributed by atoms with Crippen LogP contribution in [0.1, 0.15) is 46.0 Å². The third-order valence-electron chi connectivity index (χ3n) is 3.63. The summed E-state index contributed by atoms with van der Waals surface area (Å²) < 4.78 is 0. The molecule has 2 unspecified atom stereocenters. The van der Waals surface area contributed by atoms with E-state index >= 15 is 0 Å². The Labute approximate surface area is 81.2 Å². The average Bonchev–Trinajstić information content (AvgIpc) is 2.35. The molecule has 74 valence electrons. The number of Topliss-reactive ketones (excluding diaryl/α,β-unsaturated/α-hetero) is 1. The number of rotatable bonds is 4. The monoisotopic (exact) mass is 180 g/mol. The van der Waals surface area contributed by atoms with Gasteiger partial charge in [0.2, 0.25) is 0 Å². The maximum atomic E-state index is 11.4. The van der Waals surface area contributed by atoms with Gasteiger partial charge in [-0.15, -0.1) is 6.58 Å². The quantitative estimate of drug-likeness (QED) is 0.479. The van der Waals surface area contributed by atoms with Crippen LogP contribution in [-0.4, -0.2) is 5.78 Å². The van der Waals surface area contributed by atoms with Crippen molar-refractivity contribution in [3.05, 3.63) is 12.7 Å². The number of hydrogen-bond acceptors (Lipinski definition) is 1. The van der Waals surface area contributed by atoms with Crippen molar-refractivity contribution in [1.82, 2.24) is 0 Å². The molecule has 13 heavy (non-hydrogen) atoms. The van der Waals surface area contributed by atoms with Crippen LogP contribution in [0.5, 0.6) is 0 Å². The van der Waals surface area contributed by atoms with Crippen LogP contribution < -0.4 is 0 Å². The number of hydrogen-bond donors (Lipinski definition) is 0. The van der Waals surface area contributed by atoms with E-state index < -0.39 is 0 Å². The normalized spacial score (nSPS) is 33.7. The third-order valence-corrected chi connectivity index (χ3v) is 3.63. The summed E-state index contributed by atoms with van der Waals surface area (Å²) in [5, 5.41) is 0. The van der Waals surface area contributed by atoms with E-state index in [-0.39, 0.29) is 11.3 Å². The van der Waals surface area contributed by atoms with Crippen LogP contribution in [0.3, 0.4) is 0 Å². The molecule has 0 spiro atoms. The predicted octanol–water partition coefficient (Wildman–Crippen LogP) is 3.35. The van der Waals surface area contributed by atoms with E-state index in [0.717, 1.165) is 19.3 Å². The molecule has 1 heteroatoms. The largest absolute Gasteiger partial charge is 0.299 e. The van der Waals surface area contributed by atoms with Gasteiger partial charge in [-0.05, 0) is 31.1 Å². The predicted molar refractivity (Wildman–Crippen MR) is 55.6 cm³/mol. The molecule has 0 saturated heterocycles. The van der Waals surface area contributed by atoms with Gasteiger partial charge in [-0.2, -0.15) is 0 Å². The van der Waals surface area contributed by atoms with Crippen LogP contribution in [0.25, 0.3) is 0 Å².